The first-order valence-electron chi connectivity index (χ1n) is 8.48. The molecular formula is C19H27NO5. The number of fused-ring (bicyclic) bond motifs is 1. The Morgan fingerprint density at radius 1 is 1.24 bits per heavy atom. The van der Waals surface area contributed by atoms with Crippen molar-refractivity contribution in [3.8, 4) is 0 Å². The second kappa shape index (κ2) is 7.44. The van der Waals surface area contributed by atoms with Crippen LogP contribution in [-0.4, -0.2) is 41.3 Å². The molecule has 0 bridgehead atoms. The fourth-order valence-electron chi connectivity index (χ4n) is 2.85. The highest BCUT2D eigenvalue weighted by Gasteiger charge is 2.28. The molecule has 1 amide bonds. The van der Waals surface area contributed by atoms with Crippen molar-refractivity contribution in [2.75, 3.05) is 13.7 Å². The van der Waals surface area contributed by atoms with E-state index in [1.54, 1.807) is 11.8 Å². The molecule has 6 heteroatoms. The number of carbonyl (C=O) groups is 2. The highest BCUT2D eigenvalue weighted by atomic mass is 16.6. The van der Waals surface area contributed by atoms with E-state index in [0.717, 1.165) is 17.5 Å². The molecule has 1 aromatic rings. The number of aliphatic hydroxyl groups is 1. The summed E-state index contributed by atoms with van der Waals surface area (Å²) in [5, 5.41) is 10.4. The SMILES string of the molecule is COC(=O)[C@@H](C)[C@@H](O)c1ccc2c(c1)CN(C(=O)OC(C)(C)C)CC2. The van der Waals surface area contributed by atoms with Crippen molar-refractivity contribution in [1.29, 1.82) is 0 Å². The summed E-state index contributed by atoms with van der Waals surface area (Å²) in [6, 6.07) is 5.63. The second-order valence-electron chi connectivity index (χ2n) is 7.44. The van der Waals surface area contributed by atoms with Gasteiger partial charge in [0.25, 0.3) is 0 Å². The Morgan fingerprint density at radius 2 is 1.92 bits per heavy atom. The normalized spacial score (nSPS) is 16.6. The number of nitrogens with zero attached hydrogens (tertiary/aromatic N) is 1. The summed E-state index contributed by atoms with van der Waals surface area (Å²) < 4.78 is 10.1. The molecule has 1 heterocycles. The molecule has 0 fully saturated rings. The monoisotopic (exact) mass is 349 g/mol. The van der Waals surface area contributed by atoms with E-state index >= 15 is 0 Å². The average Bonchev–Trinajstić information content (AvgIpc) is 2.57. The van der Waals surface area contributed by atoms with Gasteiger partial charge in [-0.05, 0) is 50.8 Å². The fourth-order valence-corrected chi connectivity index (χ4v) is 2.85. The Balaban J connectivity index is 2.16. The summed E-state index contributed by atoms with van der Waals surface area (Å²) in [6.07, 6.45) is -0.556. The van der Waals surface area contributed by atoms with Crippen LogP contribution in [0.3, 0.4) is 0 Å². The third-order valence-electron chi connectivity index (χ3n) is 4.28. The van der Waals surface area contributed by atoms with Gasteiger partial charge in [-0.2, -0.15) is 0 Å². The Kier molecular flexibility index (Phi) is 5.72. The number of amides is 1. The standard InChI is InChI=1S/C19H27NO5/c1-12(17(22)24-5)16(21)14-7-6-13-8-9-20(11-15(13)10-14)18(23)25-19(2,3)4/h6-7,10,12,16,21H,8-9,11H2,1-5H3/t12-,16+/m0/s1. The summed E-state index contributed by atoms with van der Waals surface area (Å²) in [5.74, 6) is -1.12. The first kappa shape index (κ1) is 19.2. The van der Waals surface area contributed by atoms with E-state index in [9.17, 15) is 14.7 Å². The first-order valence-corrected chi connectivity index (χ1v) is 8.48. The zero-order valence-corrected chi connectivity index (χ0v) is 15.5. The lowest BCUT2D eigenvalue weighted by molar-refractivity contribution is -0.148. The lowest BCUT2D eigenvalue weighted by Gasteiger charge is -2.31. The highest BCUT2D eigenvalue weighted by molar-refractivity contribution is 5.73. The van der Waals surface area contributed by atoms with Crippen LogP contribution in [0.15, 0.2) is 18.2 Å². The van der Waals surface area contributed by atoms with Crippen molar-refractivity contribution in [2.45, 2.75) is 52.4 Å². The van der Waals surface area contributed by atoms with Crippen molar-refractivity contribution >= 4 is 12.1 Å². The lowest BCUT2D eigenvalue weighted by atomic mass is 9.92. The van der Waals surface area contributed by atoms with Gasteiger partial charge >= 0.3 is 12.1 Å². The van der Waals surface area contributed by atoms with Crippen LogP contribution in [0.5, 0.6) is 0 Å². The maximum atomic E-state index is 12.3. The number of ether oxygens (including phenoxy) is 2. The predicted molar refractivity (Wildman–Crippen MR) is 92.9 cm³/mol. The molecule has 0 spiro atoms. The van der Waals surface area contributed by atoms with Gasteiger partial charge in [-0.15, -0.1) is 0 Å². The van der Waals surface area contributed by atoms with Gasteiger partial charge < -0.3 is 19.5 Å². The molecule has 0 radical (unpaired) electrons. The van der Waals surface area contributed by atoms with Crippen molar-refractivity contribution in [3.05, 3.63) is 34.9 Å². The number of aliphatic hydroxyl groups excluding tert-OH is 1. The molecule has 1 aliphatic rings. The third kappa shape index (κ3) is 4.72. The summed E-state index contributed by atoms with van der Waals surface area (Å²) >= 11 is 0. The van der Waals surface area contributed by atoms with Gasteiger partial charge in [0.2, 0.25) is 0 Å². The number of benzene rings is 1. The van der Waals surface area contributed by atoms with E-state index in [1.165, 1.54) is 7.11 Å². The van der Waals surface area contributed by atoms with Gasteiger partial charge in [0.15, 0.2) is 0 Å². The third-order valence-corrected chi connectivity index (χ3v) is 4.28. The lowest BCUT2D eigenvalue weighted by Crippen LogP contribution is -2.40. The van der Waals surface area contributed by atoms with E-state index < -0.39 is 23.6 Å². The smallest absolute Gasteiger partial charge is 0.410 e. The molecule has 6 nitrogen and oxygen atoms in total. The summed E-state index contributed by atoms with van der Waals surface area (Å²) in [5.41, 5.74) is 2.21. The fraction of sp³-hybridized carbons (Fsp3) is 0.579. The molecule has 1 aliphatic heterocycles. The molecule has 25 heavy (non-hydrogen) atoms. The summed E-state index contributed by atoms with van der Waals surface area (Å²) in [4.78, 5) is 25.6. The molecule has 0 unspecified atom stereocenters. The molecule has 0 saturated heterocycles. The van der Waals surface area contributed by atoms with Crippen molar-refractivity contribution in [3.63, 3.8) is 0 Å². The highest BCUT2D eigenvalue weighted by Crippen LogP contribution is 2.28. The van der Waals surface area contributed by atoms with Crippen LogP contribution in [-0.2, 0) is 27.2 Å². The van der Waals surface area contributed by atoms with E-state index in [2.05, 4.69) is 0 Å². The molecule has 1 N–H and O–H groups in total. The summed E-state index contributed by atoms with van der Waals surface area (Å²) in [6.45, 7) is 8.17. The van der Waals surface area contributed by atoms with Gasteiger partial charge in [-0.25, -0.2) is 4.79 Å². The first-order chi connectivity index (χ1) is 11.6. The molecule has 0 aliphatic carbocycles. The van der Waals surface area contributed by atoms with Crippen molar-refractivity contribution in [1.82, 2.24) is 4.90 Å². The Morgan fingerprint density at radius 3 is 2.52 bits per heavy atom. The molecule has 0 aromatic heterocycles. The van der Waals surface area contributed by atoms with Crippen LogP contribution in [0.25, 0.3) is 0 Å². The molecule has 2 rings (SSSR count). The van der Waals surface area contributed by atoms with Crippen LogP contribution < -0.4 is 0 Å². The van der Waals surface area contributed by atoms with Crippen LogP contribution in [0.2, 0.25) is 0 Å². The Bertz CT molecular complexity index is 650. The number of hydrogen-bond acceptors (Lipinski definition) is 5. The number of carbonyl (C=O) groups excluding carboxylic acids is 2. The van der Waals surface area contributed by atoms with Crippen molar-refractivity contribution < 1.29 is 24.2 Å². The molecule has 138 valence electrons. The molecular weight excluding hydrogens is 322 g/mol. The number of methoxy groups -OCH3 is 1. The van der Waals surface area contributed by atoms with Crippen LogP contribution in [0.1, 0.15) is 50.5 Å². The topological polar surface area (TPSA) is 76.1 Å². The van der Waals surface area contributed by atoms with Crippen LogP contribution in [0.4, 0.5) is 4.79 Å². The maximum absolute atomic E-state index is 12.3. The van der Waals surface area contributed by atoms with Gasteiger partial charge in [0, 0.05) is 13.1 Å². The minimum Gasteiger partial charge on any atom is -0.469 e. The van der Waals surface area contributed by atoms with Crippen LogP contribution in [0, 0.1) is 5.92 Å². The van der Waals surface area contributed by atoms with E-state index in [1.807, 2.05) is 39.0 Å². The number of hydrogen-bond donors (Lipinski definition) is 1. The number of esters is 1. The van der Waals surface area contributed by atoms with E-state index in [-0.39, 0.29) is 6.09 Å². The largest absolute Gasteiger partial charge is 0.469 e. The van der Waals surface area contributed by atoms with Gasteiger partial charge in [-0.3, -0.25) is 4.79 Å². The Labute approximate surface area is 148 Å². The second-order valence-corrected chi connectivity index (χ2v) is 7.44. The number of rotatable bonds is 3. The maximum Gasteiger partial charge on any atom is 0.410 e. The Hall–Kier alpha value is -2.08. The van der Waals surface area contributed by atoms with E-state index in [4.69, 9.17) is 9.47 Å². The zero-order chi connectivity index (χ0) is 18.8. The molecule has 2 atom stereocenters. The molecule has 1 aromatic carbocycles. The minimum absolute atomic E-state index is 0.341. The van der Waals surface area contributed by atoms with E-state index in [0.29, 0.717) is 18.7 Å². The minimum atomic E-state index is -0.949. The van der Waals surface area contributed by atoms with Gasteiger partial charge in [-0.1, -0.05) is 18.2 Å². The molecule has 0 saturated carbocycles. The van der Waals surface area contributed by atoms with Gasteiger partial charge in [0.1, 0.15) is 5.60 Å². The van der Waals surface area contributed by atoms with Crippen molar-refractivity contribution in [2.24, 2.45) is 5.92 Å². The van der Waals surface area contributed by atoms with Gasteiger partial charge in [0.05, 0.1) is 19.1 Å². The average molecular weight is 349 g/mol. The zero-order valence-electron chi connectivity index (χ0n) is 15.5. The van der Waals surface area contributed by atoms with Crippen LogP contribution >= 0.6 is 0 Å². The summed E-state index contributed by atoms with van der Waals surface area (Å²) in [7, 11) is 1.30. The predicted octanol–water partition coefficient (Wildman–Crippen LogP) is 2.82. The quantitative estimate of drug-likeness (QED) is 0.849.